The molecule has 0 spiro atoms. The number of anilines is 2. The van der Waals surface area contributed by atoms with E-state index in [0.29, 0.717) is 35.0 Å². The molecule has 1 aliphatic rings. The van der Waals surface area contributed by atoms with Crippen molar-refractivity contribution in [2.45, 2.75) is 26.3 Å². The summed E-state index contributed by atoms with van der Waals surface area (Å²) in [6.45, 7) is 2.14. The predicted octanol–water partition coefficient (Wildman–Crippen LogP) is 2.99. The third-order valence-electron chi connectivity index (χ3n) is 4.99. The molecule has 0 saturated heterocycles. The number of aromatic nitrogens is 1. The average Bonchev–Trinajstić information content (AvgIpc) is 2.72. The van der Waals surface area contributed by atoms with Crippen molar-refractivity contribution in [3.63, 3.8) is 0 Å². The van der Waals surface area contributed by atoms with Crippen molar-refractivity contribution in [2.24, 2.45) is 5.41 Å². The molecule has 4 N–H and O–H groups in total. The molecular formula is C22H24N4O3S. The van der Waals surface area contributed by atoms with Gasteiger partial charge in [0.1, 0.15) is 10.8 Å². The summed E-state index contributed by atoms with van der Waals surface area (Å²) in [4.78, 5) is 29.7. The molecule has 0 bridgehead atoms. The lowest BCUT2D eigenvalue weighted by Crippen LogP contribution is -2.41. The number of nitrogens with one attached hydrogen (secondary N) is 2. The van der Waals surface area contributed by atoms with Gasteiger partial charge in [0.05, 0.1) is 18.1 Å². The molecule has 0 saturated carbocycles. The highest BCUT2D eigenvalue weighted by Crippen LogP contribution is 2.38. The first-order valence-corrected chi connectivity index (χ1v) is 9.88. The molecule has 1 aliphatic carbocycles. The Balaban J connectivity index is 1.92. The predicted molar refractivity (Wildman–Crippen MR) is 120 cm³/mol. The molecule has 30 heavy (non-hydrogen) atoms. The molecule has 0 aliphatic heterocycles. The average molecular weight is 425 g/mol. The molecule has 2 aromatic rings. The molecule has 0 amide bonds. The van der Waals surface area contributed by atoms with Crippen LogP contribution in [-0.2, 0) is 20.9 Å². The van der Waals surface area contributed by atoms with Gasteiger partial charge < -0.3 is 21.1 Å². The number of Topliss-reactive ketones (excluding diaryl/α,β-unsaturated/α-hetero) is 1. The van der Waals surface area contributed by atoms with E-state index in [1.165, 1.54) is 7.11 Å². The molecular weight excluding hydrogens is 400 g/mol. The number of thiocarbonyl (C=S) groups is 1. The number of allylic oxidation sites excluding steroid dienone is 1. The number of ether oxygens (including phenoxy) is 1. The van der Waals surface area contributed by atoms with Crippen molar-refractivity contribution in [1.82, 2.24) is 10.3 Å². The Morgan fingerprint density at radius 2 is 2.00 bits per heavy atom. The van der Waals surface area contributed by atoms with Crippen LogP contribution in [-0.4, -0.2) is 28.8 Å². The van der Waals surface area contributed by atoms with Crippen LogP contribution in [0.15, 0.2) is 59.9 Å². The van der Waals surface area contributed by atoms with Crippen molar-refractivity contribution < 1.29 is 14.3 Å². The normalized spacial score (nSPS) is 18.7. The summed E-state index contributed by atoms with van der Waals surface area (Å²) < 4.78 is 4.94. The maximum atomic E-state index is 13.1. The Labute approximate surface area is 180 Å². The van der Waals surface area contributed by atoms with Crippen molar-refractivity contribution >= 4 is 40.5 Å². The molecule has 8 heteroatoms. The summed E-state index contributed by atoms with van der Waals surface area (Å²) in [6.07, 6.45) is 1.95. The third kappa shape index (κ3) is 4.83. The quantitative estimate of drug-likeness (QED) is 0.480. The summed E-state index contributed by atoms with van der Waals surface area (Å²) in [5.41, 5.74) is 7.46. The van der Waals surface area contributed by atoms with Gasteiger partial charge in [-0.3, -0.25) is 9.59 Å². The van der Waals surface area contributed by atoms with Crippen LogP contribution in [0, 0.1) is 5.41 Å². The SMILES string of the molecule is COC(=O)C1(C)CC(=O)C(C(=S)Nc2ccccc2)=C(NCc2ccnc(N)c2)C1. The zero-order valence-electron chi connectivity index (χ0n) is 16.9. The summed E-state index contributed by atoms with van der Waals surface area (Å²) in [5.74, 6) is -0.229. The molecule has 0 radical (unpaired) electrons. The fraction of sp³-hybridized carbons (Fsp3) is 0.273. The minimum Gasteiger partial charge on any atom is -0.469 e. The van der Waals surface area contributed by atoms with E-state index in [1.807, 2.05) is 36.4 Å². The zero-order chi connectivity index (χ0) is 21.7. The number of ketones is 1. The molecule has 7 nitrogen and oxygen atoms in total. The third-order valence-corrected chi connectivity index (χ3v) is 5.29. The maximum absolute atomic E-state index is 13.1. The Hall–Kier alpha value is -3.26. The zero-order valence-corrected chi connectivity index (χ0v) is 17.7. The fourth-order valence-electron chi connectivity index (χ4n) is 3.49. The number of para-hydroxylation sites is 1. The Morgan fingerprint density at radius 1 is 1.27 bits per heavy atom. The molecule has 3 rings (SSSR count). The number of nitrogens with two attached hydrogens (primary N) is 1. The van der Waals surface area contributed by atoms with Crippen LogP contribution < -0.4 is 16.4 Å². The van der Waals surface area contributed by atoms with Gasteiger partial charge in [-0.05, 0) is 36.8 Å². The highest BCUT2D eigenvalue weighted by Gasteiger charge is 2.43. The molecule has 1 atom stereocenters. The summed E-state index contributed by atoms with van der Waals surface area (Å²) >= 11 is 5.55. The van der Waals surface area contributed by atoms with Crippen molar-refractivity contribution in [2.75, 3.05) is 18.2 Å². The molecule has 1 unspecified atom stereocenters. The fourth-order valence-corrected chi connectivity index (χ4v) is 3.84. The van der Waals surface area contributed by atoms with E-state index < -0.39 is 11.4 Å². The van der Waals surface area contributed by atoms with Gasteiger partial charge in [-0.25, -0.2) is 4.98 Å². The van der Waals surface area contributed by atoms with Gasteiger partial charge in [0.25, 0.3) is 0 Å². The van der Waals surface area contributed by atoms with Crippen LogP contribution in [0.4, 0.5) is 11.5 Å². The van der Waals surface area contributed by atoms with Crippen LogP contribution in [0.5, 0.6) is 0 Å². The lowest BCUT2D eigenvalue weighted by molar-refractivity contribution is -0.154. The number of hydrogen-bond donors (Lipinski definition) is 3. The van der Waals surface area contributed by atoms with Crippen LogP contribution in [0.3, 0.4) is 0 Å². The number of nitrogen functional groups attached to an aromatic ring is 1. The standard InChI is InChI=1S/C22H24N4O3S/c1-22(21(28)29-2)11-16(25-13-14-8-9-24-18(23)10-14)19(17(27)12-22)20(30)26-15-6-4-3-5-7-15/h3-10,25H,11-13H2,1-2H3,(H2,23,24)(H,26,30). The number of carbonyl (C=O) groups excluding carboxylic acids is 2. The van der Waals surface area contributed by atoms with Gasteiger partial charge >= 0.3 is 5.97 Å². The first-order valence-electron chi connectivity index (χ1n) is 9.48. The number of rotatable bonds is 6. The van der Waals surface area contributed by atoms with Crippen molar-refractivity contribution in [3.8, 4) is 0 Å². The number of hydrogen-bond acceptors (Lipinski definition) is 7. The Morgan fingerprint density at radius 3 is 2.67 bits per heavy atom. The highest BCUT2D eigenvalue weighted by molar-refractivity contribution is 7.81. The molecule has 1 aromatic carbocycles. The van der Waals surface area contributed by atoms with Crippen LogP contribution in [0.1, 0.15) is 25.3 Å². The second kappa shape index (κ2) is 9.04. The lowest BCUT2D eigenvalue weighted by Gasteiger charge is -2.33. The number of benzene rings is 1. The van der Waals surface area contributed by atoms with Crippen LogP contribution >= 0.6 is 12.2 Å². The first-order chi connectivity index (χ1) is 14.3. The van der Waals surface area contributed by atoms with E-state index >= 15 is 0 Å². The number of pyridine rings is 1. The molecule has 1 heterocycles. The van der Waals surface area contributed by atoms with Crippen LogP contribution in [0.2, 0.25) is 0 Å². The van der Waals surface area contributed by atoms with E-state index in [9.17, 15) is 9.59 Å². The van der Waals surface area contributed by atoms with Gasteiger partial charge in [-0.2, -0.15) is 0 Å². The maximum Gasteiger partial charge on any atom is 0.312 e. The van der Waals surface area contributed by atoms with E-state index in [1.54, 1.807) is 19.2 Å². The van der Waals surface area contributed by atoms with E-state index in [-0.39, 0.29) is 12.2 Å². The number of carbonyl (C=O) groups is 2. The summed E-state index contributed by atoms with van der Waals surface area (Å²) in [6, 6.07) is 13.0. The minimum absolute atomic E-state index is 0.0268. The Kier molecular flexibility index (Phi) is 6.47. The molecule has 0 fully saturated rings. The number of methoxy groups -OCH3 is 1. The minimum atomic E-state index is -0.961. The van der Waals surface area contributed by atoms with E-state index in [0.717, 1.165) is 11.3 Å². The van der Waals surface area contributed by atoms with Gasteiger partial charge in [0.15, 0.2) is 5.78 Å². The van der Waals surface area contributed by atoms with E-state index in [4.69, 9.17) is 22.7 Å². The number of esters is 1. The second-order valence-electron chi connectivity index (χ2n) is 7.45. The topological polar surface area (TPSA) is 106 Å². The van der Waals surface area contributed by atoms with Gasteiger partial charge in [-0.1, -0.05) is 30.4 Å². The van der Waals surface area contributed by atoms with E-state index in [2.05, 4.69) is 15.6 Å². The van der Waals surface area contributed by atoms with Crippen LogP contribution in [0.25, 0.3) is 0 Å². The largest absolute Gasteiger partial charge is 0.469 e. The summed E-state index contributed by atoms with van der Waals surface area (Å²) in [7, 11) is 1.33. The molecule has 1 aromatic heterocycles. The highest BCUT2D eigenvalue weighted by atomic mass is 32.1. The first kappa shape index (κ1) is 21.4. The second-order valence-corrected chi connectivity index (χ2v) is 7.85. The van der Waals surface area contributed by atoms with Gasteiger partial charge in [-0.15, -0.1) is 0 Å². The Bertz CT molecular complexity index is 1010. The van der Waals surface area contributed by atoms with Gasteiger partial charge in [0.2, 0.25) is 0 Å². The lowest BCUT2D eigenvalue weighted by atomic mass is 9.74. The van der Waals surface area contributed by atoms with Gasteiger partial charge in [0, 0.05) is 37.0 Å². The molecule has 156 valence electrons. The summed E-state index contributed by atoms with van der Waals surface area (Å²) in [5, 5.41) is 6.40. The van der Waals surface area contributed by atoms with Crippen molar-refractivity contribution in [1.29, 1.82) is 0 Å². The monoisotopic (exact) mass is 424 g/mol. The number of nitrogens with zero attached hydrogens (tertiary/aromatic N) is 1. The smallest absolute Gasteiger partial charge is 0.312 e. The van der Waals surface area contributed by atoms with Crippen molar-refractivity contribution in [3.05, 3.63) is 65.5 Å².